The molecule has 13 heavy (non-hydrogen) atoms. The summed E-state index contributed by atoms with van der Waals surface area (Å²) in [6.45, 7) is 4.00. The van der Waals surface area contributed by atoms with Crippen LogP contribution in [0, 0.1) is 0 Å². The van der Waals surface area contributed by atoms with Crippen molar-refractivity contribution in [2.75, 3.05) is 0 Å². The Morgan fingerprint density at radius 1 is 1.15 bits per heavy atom. The van der Waals surface area contributed by atoms with Crippen LogP contribution >= 0.6 is 28.6 Å². The van der Waals surface area contributed by atoms with Gasteiger partial charge in [-0.25, -0.2) is 4.57 Å². The van der Waals surface area contributed by atoms with Gasteiger partial charge in [-0.05, 0) is 12.1 Å². The van der Waals surface area contributed by atoms with Crippen molar-refractivity contribution in [3.05, 3.63) is 30.3 Å². The minimum atomic E-state index is -3.44. The second-order valence-electron chi connectivity index (χ2n) is 1.82. The molecule has 0 fully saturated rings. The van der Waals surface area contributed by atoms with Crippen LogP contribution < -0.4 is 4.52 Å². The maximum absolute atomic E-state index is 10.7. The number of benzene rings is 1. The van der Waals surface area contributed by atoms with Gasteiger partial charge in [-0.2, -0.15) is 0 Å². The molecule has 0 saturated carbocycles. The maximum Gasteiger partial charge on any atom is 0.428 e. The van der Waals surface area contributed by atoms with Crippen LogP contribution in [0.25, 0.3) is 0 Å². The zero-order valence-electron chi connectivity index (χ0n) is 7.41. The zero-order valence-corrected chi connectivity index (χ0v) is 9.81. The predicted octanol–water partition coefficient (Wildman–Crippen LogP) is 4.68. The van der Waals surface area contributed by atoms with Crippen molar-refractivity contribution in [1.82, 2.24) is 0 Å². The summed E-state index contributed by atoms with van der Waals surface area (Å²) >= 11 is 10.3. The molecule has 0 aliphatic heterocycles. The Morgan fingerprint density at radius 3 is 2.00 bits per heavy atom. The molecule has 0 bridgehead atoms. The van der Waals surface area contributed by atoms with Crippen molar-refractivity contribution in [3.63, 3.8) is 0 Å². The third kappa shape index (κ3) is 6.94. The van der Waals surface area contributed by atoms with Gasteiger partial charge < -0.3 is 4.52 Å². The monoisotopic (exact) mass is 240 g/mol. The van der Waals surface area contributed by atoms with Gasteiger partial charge in [-0.15, -0.1) is 0 Å². The Labute approximate surface area is 87.8 Å². The number of halogens is 2. The largest absolute Gasteiger partial charge is 0.428 e. The van der Waals surface area contributed by atoms with E-state index in [0.29, 0.717) is 5.75 Å². The van der Waals surface area contributed by atoms with E-state index >= 15 is 0 Å². The quantitative estimate of drug-likeness (QED) is 0.702. The van der Waals surface area contributed by atoms with E-state index in [9.17, 15) is 4.57 Å². The van der Waals surface area contributed by atoms with E-state index in [1.807, 2.05) is 13.8 Å². The average molecular weight is 241 g/mol. The van der Waals surface area contributed by atoms with Crippen molar-refractivity contribution in [3.8, 4) is 5.75 Å². The molecule has 0 aliphatic carbocycles. The highest BCUT2D eigenvalue weighted by atomic mass is 35.9. The second-order valence-corrected chi connectivity index (χ2v) is 6.02. The van der Waals surface area contributed by atoms with E-state index in [1.54, 1.807) is 30.3 Å². The standard InChI is InChI=1S/C6H5Cl2O2P.C2H6/c7-11(8,9)10-6-4-2-1-3-5-6;1-2/h1-5H;1-2H3. The molecular formula is C8H11Cl2O2P. The lowest BCUT2D eigenvalue weighted by atomic mass is 10.3. The molecule has 0 amide bonds. The molecule has 0 aliphatic rings. The summed E-state index contributed by atoms with van der Waals surface area (Å²) in [4.78, 5) is 0. The molecule has 1 aromatic carbocycles. The number of hydrogen-bond acceptors (Lipinski definition) is 2. The van der Waals surface area contributed by atoms with Crippen LogP contribution in [0.3, 0.4) is 0 Å². The first kappa shape index (κ1) is 12.8. The van der Waals surface area contributed by atoms with Crippen LogP contribution in [0.2, 0.25) is 0 Å². The van der Waals surface area contributed by atoms with E-state index in [1.165, 1.54) is 0 Å². The Bertz CT molecular complexity index is 271. The van der Waals surface area contributed by atoms with Crippen molar-refractivity contribution in [1.29, 1.82) is 0 Å². The molecule has 0 atom stereocenters. The second kappa shape index (κ2) is 6.31. The highest BCUT2D eigenvalue weighted by Gasteiger charge is 2.15. The van der Waals surface area contributed by atoms with Gasteiger partial charge in [0.25, 0.3) is 0 Å². The first-order chi connectivity index (χ1) is 6.08. The Morgan fingerprint density at radius 2 is 1.62 bits per heavy atom. The van der Waals surface area contributed by atoms with Gasteiger partial charge in [-0.3, -0.25) is 0 Å². The summed E-state index contributed by atoms with van der Waals surface area (Å²) in [6, 6.07) is 8.52. The third-order valence-corrected chi connectivity index (χ3v) is 1.79. The fourth-order valence-corrected chi connectivity index (χ4v) is 1.45. The van der Waals surface area contributed by atoms with E-state index in [-0.39, 0.29) is 0 Å². The van der Waals surface area contributed by atoms with Gasteiger partial charge in [0.05, 0.1) is 0 Å². The first-order valence-electron chi connectivity index (χ1n) is 3.82. The molecule has 0 spiro atoms. The maximum atomic E-state index is 10.7. The predicted molar refractivity (Wildman–Crippen MR) is 57.7 cm³/mol. The molecule has 1 rings (SSSR count). The van der Waals surface area contributed by atoms with Crippen molar-refractivity contribution in [2.45, 2.75) is 13.8 Å². The minimum Gasteiger partial charge on any atom is -0.422 e. The molecule has 0 heterocycles. The summed E-state index contributed by atoms with van der Waals surface area (Å²) in [7, 11) is 0. The van der Waals surface area contributed by atoms with Crippen molar-refractivity contribution in [2.24, 2.45) is 0 Å². The zero-order chi connectivity index (χ0) is 10.3. The lowest BCUT2D eigenvalue weighted by molar-refractivity contribution is 0.513. The van der Waals surface area contributed by atoms with Crippen LogP contribution in [0.4, 0.5) is 0 Å². The smallest absolute Gasteiger partial charge is 0.422 e. The van der Waals surface area contributed by atoms with Crippen molar-refractivity contribution >= 4 is 28.6 Å². The van der Waals surface area contributed by atoms with Crippen LogP contribution in [-0.4, -0.2) is 0 Å². The first-order valence-corrected chi connectivity index (χ1v) is 7.25. The SMILES string of the molecule is CC.O=P(Cl)(Cl)Oc1ccccc1. The van der Waals surface area contributed by atoms with Gasteiger partial charge in [0.15, 0.2) is 0 Å². The van der Waals surface area contributed by atoms with E-state index in [4.69, 9.17) is 22.5 Å². The molecular weight excluding hydrogens is 230 g/mol. The molecule has 0 aromatic heterocycles. The summed E-state index contributed by atoms with van der Waals surface area (Å²) in [6.07, 6.45) is -3.44. The number of rotatable bonds is 2. The molecule has 0 radical (unpaired) electrons. The van der Waals surface area contributed by atoms with E-state index < -0.39 is 6.07 Å². The van der Waals surface area contributed by atoms with Gasteiger partial charge in [0.1, 0.15) is 5.75 Å². The fraction of sp³-hybridized carbons (Fsp3) is 0.250. The van der Waals surface area contributed by atoms with Crippen LogP contribution in [0.15, 0.2) is 30.3 Å². The highest BCUT2D eigenvalue weighted by molar-refractivity contribution is 8.05. The Hall–Kier alpha value is -0.170. The Kier molecular flexibility index (Phi) is 6.23. The van der Waals surface area contributed by atoms with E-state index in [2.05, 4.69) is 4.52 Å². The topological polar surface area (TPSA) is 26.3 Å². The number of para-hydroxylation sites is 1. The Balaban J connectivity index is 0.000000671. The molecule has 0 saturated heterocycles. The lowest BCUT2D eigenvalue weighted by Crippen LogP contribution is -1.79. The minimum absolute atomic E-state index is 0.404. The summed E-state index contributed by atoms with van der Waals surface area (Å²) in [5.41, 5.74) is 0. The lowest BCUT2D eigenvalue weighted by Gasteiger charge is -2.03. The van der Waals surface area contributed by atoms with Crippen LogP contribution in [-0.2, 0) is 4.57 Å². The molecule has 2 nitrogen and oxygen atoms in total. The van der Waals surface area contributed by atoms with Gasteiger partial charge in [0, 0.05) is 22.5 Å². The fourth-order valence-electron chi connectivity index (χ4n) is 0.604. The van der Waals surface area contributed by atoms with Crippen LogP contribution in [0.5, 0.6) is 5.75 Å². The molecule has 74 valence electrons. The van der Waals surface area contributed by atoms with E-state index in [0.717, 1.165) is 0 Å². The van der Waals surface area contributed by atoms with Crippen LogP contribution in [0.1, 0.15) is 13.8 Å². The van der Waals surface area contributed by atoms with Gasteiger partial charge >= 0.3 is 6.07 Å². The summed E-state index contributed by atoms with van der Waals surface area (Å²) < 4.78 is 15.4. The summed E-state index contributed by atoms with van der Waals surface area (Å²) in [5.74, 6) is 0.404. The highest BCUT2D eigenvalue weighted by Crippen LogP contribution is 2.56. The molecule has 0 N–H and O–H groups in total. The van der Waals surface area contributed by atoms with Gasteiger partial charge in [-0.1, -0.05) is 32.0 Å². The van der Waals surface area contributed by atoms with Gasteiger partial charge in [0.2, 0.25) is 0 Å². The third-order valence-electron chi connectivity index (χ3n) is 0.955. The summed E-state index contributed by atoms with van der Waals surface area (Å²) in [5, 5.41) is 0. The van der Waals surface area contributed by atoms with Crippen molar-refractivity contribution < 1.29 is 9.09 Å². The molecule has 0 unspecified atom stereocenters. The molecule has 1 aromatic rings. The number of hydrogen-bond donors (Lipinski definition) is 0. The molecule has 5 heteroatoms. The normalized spacial score (nSPS) is 9.85. The average Bonchev–Trinajstić information content (AvgIpc) is 2.07.